The normalized spacial score (nSPS) is 11.6. The number of anilines is 1. The van der Waals surface area contributed by atoms with E-state index < -0.39 is 18.0 Å². The number of hydrogen-bond donors (Lipinski definition) is 1. The molecule has 2 aromatic rings. The zero-order chi connectivity index (χ0) is 17.0. The second kappa shape index (κ2) is 6.91. The van der Waals surface area contributed by atoms with Gasteiger partial charge in [0.2, 0.25) is 0 Å². The van der Waals surface area contributed by atoms with Crippen molar-refractivity contribution in [3.05, 3.63) is 53.9 Å². The molecular weight excluding hydrogens is 296 g/mol. The summed E-state index contributed by atoms with van der Waals surface area (Å²) in [4.78, 5) is 35.4. The molecule has 1 atom stereocenters. The number of amides is 1. The Labute approximate surface area is 134 Å². The van der Waals surface area contributed by atoms with Crippen molar-refractivity contribution in [2.45, 2.75) is 20.0 Å². The van der Waals surface area contributed by atoms with E-state index in [0.717, 1.165) is 0 Å². The zero-order valence-electron chi connectivity index (χ0n) is 13.2. The Morgan fingerprint density at radius 3 is 2.52 bits per heavy atom. The molecule has 120 valence electrons. The van der Waals surface area contributed by atoms with Gasteiger partial charge in [-0.1, -0.05) is 12.1 Å². The molecule has 0 aliphatic carbocycles. The molecule has 0 unspecified atom stereocenters. The number of esters is 1. The molecule has 6 nitrogen and oxygen atoms in total. The Bertz CT molecular complexity index is 749. The fraction of sp³-hybridized carbons (Fsp3) is 0.235. The van der Waals surface area contributed by atoms with Gasteiger partial charge in [-0.05, 0) is 38.1 Å². The van der Waals surface area contributed by atoms with E-state index in [0.29, 0.717) is 16.9 Å². The number of Topliss-reactive ketones (excluding diaryl/α,β-unsaturated/α-hetero) is 1. The standard InChI is InChI=1S/C17H18N2O4/c1-11(20)13-6-4-7-14(10-13)18-16(21)12(2)23-17(22)15-8-5-9-19(15)3/h4-10,12H,1-3H3,(H,18,21)/t12-/m0/s1. The third kappa shape index (κ3) is 4.06. The van der Waals surface area contributed by atoms with Crippen LogP contribution in [0.15, 0.2) is 42.6 Å². The van der Waals surface area contributed by atoms with Crippen LogP contribution >= 0.6 is 0 Å². The predicted molar refractivity (Wildman–Crippen MR) is 85.4 cm³/mol. The highest BCUT2D eigenvalue weighted by atomic mass is 16.5. The Morgan fingerprint density at radius 1 is 1.17 bits per heavy atom. The van der Waals surface area contributed by atoms with E-state index in [1.54, 1.807) is 54.2 Å². The van der Waals surface area contributed by atoms with E-state index in [1.807, 2.05) is 0 Å². The van der Waals surface area contributed by atoms with Gasteiger partial charge in [0, 0.05) is 24.5 Å². The molecule has 1 aromatic carbocycles. The molecule has 1 N–H and O–H groups in total. The highest BCUT2D eigenvalue weighted by molar-refractivity contribution is 5.99. The lowest BCUT2D eigenvalue weighted by molar-refractivity contribution is -0.123. The maximum atomic E-state index is 12.1. The number of nitrogens with one attached hydrogen (secondary N) is 1. The molecule has 1 aromatic heterocycles. The largest absolute Gasteiger partial charge is 0.448 e. The molecule has 2 rings (SSSR count). The van der Waals surface area contributed by atoms with Crippen LogP contribution in [0.1, 0.15) is 34.7 Å². The minimum atomic E-state index is -0.960. The summed E-state index contributed by atoms with van der Waals surface area (Å²) < 4.78 is 6.76. The van der Waals surface area contributed by atoms with Gasteiger partial charge in [-0.15, -0.1) is 0 Å². The van der Waals surface area contributed by atoms with Crippen molar-refractivity contribution in [2.24, 2.45) is 7.05 Å². The van der Waals surface area contributed by atoms with E-state index >= 15 is 0 Å². The lowest BCUT2D eigenvalue weighted by Crippen LogP contribution is -2.30. The number of rotatable bonds is 5. The molecular formula is C17H18N2O4. The van der Waals surface area contributed by atoms with Gasteiger partial charge in [-0.3, -0.25) is 9.59 Å². The zero-order valence-corrected chi connectivity index (χ0v) is 13.2. The first-order chi connectivity index (χ1) is 10.9. The maximum absolute atomic E-state index is 12.1. The molecule has 0 aliphatic rings. The third-order valence-corrected chi connectivity index (χ3v) is 3.34. The Kier molecular flexibility index (Phi) is 4.95. The van der Waals surface area contributed by atoms with Crippen LogP contribution in [0.4, 0.5) is 5.69 Å². The van der Waals surface area contributed by atoms with E-state index in [1.165, 1.54) is 13.8 Å². The van der Waals surface area contributed by atoms with Gasteiger partial charge >= 0.3 is 5.97 Å². The number of carbonyl (C=O) groups is 3. The van der Waals surface area contributed by atoms with E-state index in [4.69, 9.17) is 4.74 Å². The second-order valence-corrected chi connectivity index (χ2v) is 5.18. The van der Waals surface area contributed by atoms with Gasteiger partial charge in [0.25, 0.3) is 5.91 Å². The van der Waals surface area contributed by atoms with Crippen molar-refractivity contribution in [3.8, 4) is 0 Å². The summed E-state index contributed by atoms with van der Waals surface area (Å²) in [6, 6.07) is 9.91. The van der Waals surface area contributed by atoms with Crippen LogP contribution in [0.25, 0.3) is 0 Å². The lowest BCUT2D eigenvalue weighted by Gasteiger charge is -2.14. The average Bonchev–Trinajstić information content (AvgIpc) is 2.93. The molecule has 6 heteroatoms. The Morgan fingerprint density at radius 2 is 1.91 bits per heavy atom. The summed E-state index contributed by atoms with van der Waals surface area (Å²) in [5, 5.41) is 2.63. The Balaban J connectivity index is 2.00. The highest BCUT2D eigenvalue weighted by Crippen LogP contribution is 2.12. The maximum Gasteiger partial charge on any atom is 0.355 e. The Hall–Kier alpha value is -2.89. The third-order valence-electron chi connectivity index (χ3n) is 3.34. The first-order valence-corrected chi connectivity index (χ1v) is 7.12. The summed E-state index contributed by atoms with van der Waals surface area (Å²) in [5.74, 6) is -1.13. The van der Waals surface area contributed by atoms with Crippen molar-refractivity contribution in [1.82, 2.24) is 4.57 Å². The average molecular weight is 314 g/mol. The molecule has 0 aliphatic heterocycles. The fourth-order valence-electron chi connectivity index (χ4n) is 2.01. The molecule has 1 amide bonds. The van der Waals surface area contributed by atoms with E-state index in [-0.39, 0.29) is 5.78 Å². The van der Waals surface area contributed by atoms with Crippen molar-refractivity contribution in [3.63, 3.8) is 0 Å². The first kappa shape index (κ1) is 16.5. The molecule has 0 fully saturated rings. The molecule has 0 saturated carbocycles. The van der Waals surface area contributed by atoms with Crippen molar-refractivity contribution < 1.29 is 19.1 Å². The van der Waals surface area contributed by atoms with Gasteiger partial charge in [-0.2, -0.15) is 0 Å². The first-order valence-electron chi connectivity index (χ1n) is 7.12. The van der Waals surface area contributed by atoms with Gasteiger partial charge in [0.15, 0.2) is 11.9 Å². The van der Waals surface area contributed by atoms with Gasteiger partial charge in [0.05, 0.1) is 0 Å². The van der Waals surface area contributed by atoms with Crippen LogP contribution in [0.2, 0.25) is 0 Å². The van der Waals surface area contributed by atoms with E-state index in [2.05, 4.69) is 5.32 Å². The van der Waals surface area contributed by atoms with Crippen LogP contribution in [-0.4, -0.2) is 28.3 Å². The SMILES string of the molecule is CC(=O)c1cccc(NC(=O)[C@H](C)OC(=O)c2cccn2C)c1. The second-order valence-electron chi connectivity index (χ2n) is 5.18. The molecule has 23 heavy (non-hydrogen) atoms. The summed E-state index contributed by atoms with van der Waals surface area (Å²) in [6.45, 7) is 2.94. The smallest absolute Gasteiger partial charge is 0.355 e. The van der Waals surface area contributed by atoms with Gasteiger partial charge in [0.1, 0.15) is 5.69 Å². The quantitative estimate of drug-likeness (QED) is 0.679. The van der Waals surface area contributed by atoms with Crippen molar-refractivity contribution >= 4 is 23.3 Å². The molecule has 0 spiro atoms. The number of ketones is 1. The van der Waals surface area contributed by atoms with Crippen molar-refractivity contribution in [1.29, 1.82) is 0 Å². The number of nitrogens with zero attached hydrogens (tertiary/aromatic N) is 1. The molecule has 1 heterocycles. The number of hydrogen-bond acceptors (Lipinski definition) is 4. The fourth-order valence-corrected chi connectivity index (χ4v) is 2.01. The number of carbonyl (C=O) groups excluding carboxylic acids is 3. The molecule has 0 radical (unpaired) electrons. The number of aryl methyl sites for hydroxylation is 1. The topological polar surface area (TPSA) is 77.4 Å². The number of benzene rings is 1. The highest BCUT2D eigenvalue weighted by Gasteiger charge is 2.20. The predicted octanol–water partition coefficient (Wildman–Crippen LogP) is 2.41. The minimum absolute atomic E-state index is 0.0933. The van der Waals surface area contributed by atoms with Crippen LogP contribution in [-0.2, 0) is 16.6 Å². The lowest BCUT2D eigenvalue weighted by atomic mass is 10.1. The number of ether oxygens (including phenoxy) is 1. The van der Waals surface area contributed by atoms with Crippen LogP contribution in [0.3, 0.4) is 0 Å². The number of aromatic nitrogens is 1. The van der Waals surface area contributed by atoms with E-state index in [9.17, 15) is 14.4 Å². The monoisotopic (exact) mass is 314 g/mol. The molecule has 0 saturated heterocycles. The summed E-state index contributed by atoms with van der Waals surface area (Å²) in [5.41, 5.74) is 1.34. The van der Waals surface area contributed by atoms with Gasteiger partial charge in [-0.25, -0.2) is 4.79 Å². The van der Waals surface area contributed by atoms with Gasteiger partial charge < -0.3 is 14.6 Å². The molecule has 0 bridgehead atoms. The van der Waals surface area contributed by atoms with Crippen LogP contribution < -0.4 is 5.32 Å². The van der Waals surface area contributed by atoms with Crippen LogP contribution in [0.5, 0.6) is 0 Å². The summed E-state index contributed by atoms with van der Waals surface area (Å²) in [6.07, 6.45) is 0.757. The minimum Gasteiger partial charge on any atom is -0.448 e. The summed E-state index contributed by atoms with van der Waals surface area (Å²) in [7, 11) is 1.72. The van der Waals surface area contributed by atoms with Crippen LogP contribution in [0, 0.1) is 0 Å². The summed E-state index contributed by atoms with van der Waals surface area (Å²) >= 11 is 0. The van der Waals surface area contributed by atoms with Crippen molar-refractivity contribution in [2.75, 3.05) is 5.32 Å².